The number of nitrogen functional groups attached to an aromatic ring is 1. The average molecular weight is 495 g/mol. The highest BCUT2D eigenvalue weighted by atomic mass is 19.3. The Balaban J connectivity index is 1.47. The van der Waals surface area contributed by atoms with Crippen molar-refractivity contribution in [1.82, 2.24) is 24.7 Å². The lowest BCUT2D eigenvalue weighted by Crippen LogP contribution is -2.57. The fourth-order valence-corrected chi connectivity index (χ4v) is 5.14. The molecule has 0 saturated carbocycles. The van der Waals surface area contributed by atoms with Gasteiger partial charge in [0, 0.05) is 17.4 Å². The number of alkyl halides is 2. The molecule has 4 aromatic rings. The number of fused-ring (bicyclic) bond motifs is 1. The van der Waals surface area contributed by atoms with Crippen LogP contribution < -0.4 is 10.6 Å². The van der Waals surface area contributed by atoms with Crippen molar-refractivity contribution in [3.8, 4) is 5.69 Å². The van der Waals surface area contributed by atoms with Gasteiger partial charge in [-0.05, 0) is 48.7 Å². The second-order valence-electron chi connectivity index (χ2n) is 9.26. The van der Waals surface area contributed by atoms with Gasteiger partial charge in [-0.25, -0.2) is 32.2 Å². The molecule has 6 rings (SSSR count). The summed E-state index contributed by atoms with van der Waals surface area (Å²) in [5.41, 5.74) is 8.90. The van der Waals surface area contributed by atoms with Crippen LogP contribution in [0.2, 0.25) is 0 Å². The number of anilines is 2. The van der Waals surface area contributed by atoms with Gasteiger partial charge in [0.05, 0.1) is 18.8 Å². The summed E-state index contributed by atoms with van der Waals surface area (Å²) in [5, 5.41) is 4.17. The molecule has 184 valence electrons. The molecule has 2 aliphatic rings. The van der Waals surface area contributed by atoms with Crippen LogP contribution in [-0.4, -0.2) is 43.7 Å². The highest BCUT2D eigenvalue weighted by Gasteiger charge is 2.48. The predicted octanol–water partition coefficient (Wildman–Crippen LogP) is 4.35. The quantitative estimate of drug-likeness (QED) is 0.424. The van der Waals surface area contributed by atoms with E-state index in [4.69, 9.17) is 5.73 Å². The van der Waals surface area contributed by atoms with Gasteiger partial charge >= 0.3 is 0 Å². The van der Waals surface area contributed by atoms with Crippen molar-refractivity contribution in [2.24, 2.45) is 0 Å². The van der Waals surface area contributed by atoms with Gasteiger partial charge in [-0.1, -0.05) is 18.2 Å². The fraction of sp³-hybridized carbons (Fsp3) is 0.280. The zero-order chi connectivity index (χ0) is 25.2. The second kappa shape index (κ2) is 8.00. The summed E-state index contributed by atoms with van der Waals surface area (Å²) in [6.45, 7) is 0.742. The summed E-state index contributed by atoms with van der Waals surface area (Å²) in [4.78, 5) is 14.3. The third kappa shape index (κ3) is 3.75. The molecule has 1 aliphatic heterocycles. The Hall–Kier alpha value is -4.02. The van der Waals surface area contributed by atoms with E-state index >= 15 is 4.39 Å². The molecular weight excluding hydrogens is 474 g/mol. The number of nitrogens with zero attached hydrogens (tertiary/aromatic N) is 6. The number of hydrogen-bond acceptors (Lipinski definition) is 6. The van der Waals surface area contributed by atoms with Crippen molar-refractivity contribution in [2.75, 3.05) is 23.7 Å². The molecule has 0 bridgehead atoms. The summed E-state index contributed by atoms with van der Waals surface area (Å²) < 4.78 is 57.8. The summed E-state index contributed by atoms with van der Waals surface area (Å²) in [6.07, 6.45) is 1.90. The topological polar surface area (TPSA) is 85.8 Å². The molecule has 11 heteroatoms. The Bertz CT molecular complexity index is 1460. The molecule has 0 amide bonds. The second-order valence-corrected chi connectivity index (χ2v) is 9.26. The first kappa shape index (κ1) is 22.4. The van der Waals surface area contributed by atoms with Crippen molar-refractivity contribution < 1.29 is 17.6 Å². The number of halogens is 4. The summed E-state index contributed by atoms with van der Waals surface area (Å²) in [6, 6.07) is 10.9. The maximum Gasteiger partial charge on any atom is 0.282 e. The van der Waals surface area contributed by atoms with E-state index in [2.05, 4.69) is 20.1 Å². The number of rotatable bonds is 4. The minimum atomic E-state index is -2.82. The van der Waals surface area contributed by atoms with Crippen LogP contribution in [0.1, 0.15) is 46.5 Å². The van der Waals surface area contributed by atoms with Crippen LogP contribution >= 0.6 is 0 Å². The van der Waals surface area contributed by atoms with E-state index in [9.17, 15) is 13.2 Å². The Morgan fingerprint density at radius 2 is 1.69 bits per heavy atom. The van der Waals surface area contributed by atoms with Gasteiger partial charge in [-0.3, -0.25) is 0 Å². The van der Waals surface area contributed by atoms with E-state index in [1.165, 1.54) is 34.1 Å². The monoisotopic (exact) mass is 495 g/mol. The normalized spacial score (nSPS) is 20.3. The van der Waals surface area contributed by atoms with Crippen molar-refractivity contribution in [2.45, 2.75) is 31.1 Å². The Labute approximate surface area is 203 Å². The molecule has 2 aromatic heterocycles. The highest BCUT2D eigenvalue weighted by Crippen LogP contribution is 2.51. The molecule has 2 atom stereocenters. The van der Waals surface area contributed by atoms with E-state index in [0.717, 1.165) is 5.56 Å². The number of nitrogens with two attached hydrogens (primary N) is 1. The Morgan fingerprint density at radius 1 is 0.972 bits per heavy atom. The van der Waals surface area contributed by atoms with Gasteiger partial charge in [0.1, 0.15) is 35.3 Å². The molecule has 3 heterocycles. The largest absolute Gasteiger partial charge is 0.368 e. The first-order valence-corrected chi connectivity index (χ1v) is 11.4. The summed E-state index contributed by atoms with van der Waals surface area (Å²) >= 11 is 0. The smallest absolute Gasteiger partial charge is 0.282 e. The zero-order valence-corrected chi connectivity index (χ0v) is 19.2. The van der Waals surface area contributed by atoms with Crippen LogP contribution in [0.3, 0.4) is 0 Å². The number of aromatic nitrogens is 5. The first-order chi connectivity index (χ1) is 17.2. The first-order valence-electron chi connectivity index (χ1n) is 11.4. The molecule has 2 aromatic carbocycles. The van der Waals surface area contributed by atoms with Crippen LogP contribution in [0.4, 0.5) is 29.3 Å². The minimum absolute atomic E-state index is 0.0326. The van der Waals surface area contributed by atoms with E-state index in [1.807, 2.05) is 0 Å². The Kier molecular flexibility index (Phi) is 4.99. The molecule has 1 saturated heterocycles. The maximum absolute atomic E-state index is 15.3. The lowest BCUT2D eigenvalue weighted by atomic mass is 9.90. The van der Waals surface area contributed by atoms with Gasteiger partial charge < -0.3 is 10.6 Å². The van der Waals surface area contributed by atoms with Gasteiger partial charge in [0.25, 0.3) is 5.92 Å². The lowest BCUT2D eigenvalue weighted by molar-refractivity contribution is -0.0268. The number of hydrogen-bond donors (Lipinski definition) is 1. The molecule has 7 nitrogen and oxygen atoms in total. The van der Waals surface area contributed by atoms with Crippen molar-refractivity contribution in [3.63, 3.8) is 0 Å². The molecule has 0 spiro atoms. The van der Waals surface area contributed by atoms with Crippen molar-refractivity contribution in [1.29, 1.82) is 0 Å². The van der Waals surface area contributed by atoms with E-state index in [0.29, 0.717) is 34.9 Å². The van der Waals surface area contributed by atoms with Crippen LogP contribution in [0.25, 0.3) is 5.69 Å². The van der Waals surface area contributed by atoms with Crippen LogP contribution in [-0.2, 0) is 0 Å². The average Bonchev–Trinajstić information content (AvgIpc) is 3.41. The van der Waals surface area contributed by atoms with Crippen molar-refractivity contribution >= 4 is 11.8 Å². The summed E-state index contributed by atoms with van der Waals surface area (Å²) in [7, 11) is 0. The van der Waals surface area contributed by atoms with Gasteiger partial charge in [-0.2, -0.15) is 10.1 Å². The molecule has 1 fully saturated rings. The maximum atomic E-state index is 15.3. The fourth-order valence-electron chi connectivity index (χ4n) is 5.14. The summed E-state index contributed by atoms with van der Waals surface area (Å²) in [5.74, 6) is -3.57. The van der Waals surface area contributed by atoms with Crippen LogP contribution in [0, 0.1) is 18.6 Å². The molecule has 36 heavy (non-hydrogen) atoms. The lowest BCUT2D eigenvalue weighted by Gasteiger charge is -2.40. The third-order valence-corrected chi connectivity index (χ3v) is 6.77. The van der Waals surface area contributed by atoms with Crippen LogP contribution in [0.15, 0.2) is 48.8 Å². The number of benzene rings is 2. The van der Waals surface area contributed by atoms with E-state index in [-0.39, 0.29) is 29.3 Å². The third-order valence-electron chi connectivity index (χ3n) is 6.77. The molecule has 1 aliphatic carbocycles. The van der Waals surface area contributed by atoms with E-state index in [1.54, 1.807) is 31.2 Å². The minimum Gasteiger partial charge on any atom is -0.368 e. The highest BCUT2D eigenvalue weighted by molar-refractivity contribution is 5.63. The predicted molar refractivity (Wildman–Crippen MR) is 124 cm³/mol. The zero-order valence-electron chi connectivity index (χ0n) is 19.2. The Morgan fingerprint density at radius 3 is 2.33 bits per heavy atom. The molecular formula is C25H21F4N7. The van der Waals surface area contributed by atoms with Gasteiger partial charge in [0.15, 0.2) is 0 Å². The van der Waals surface area contributed by atoms with E-state index < -0.39 is 24.8 Å². The van der Waals surface area contributed by atoms with Crippen LogP contribution in [0.5, 0.6) is 0 Å². The SMILES string of the molecule is Cc1ncn(-c2ccc(C3CC(c4ccc(F)cc4)c4nc(N)nc(N5CC(F)(F)C5)c43)cc2F)n1. The molecule has 2 N–H and O–H groups in total. The van der Waals surface area contributed by atoms with Gasteiger partial charge in [-0.15, -0.1) is 0 Å². The van der Waals surface area contributed by atoms with Gasteiger partial charge in [0.2, 0.25) is 5.95 Å². The molecule has 2 unspecified atom stereocenters. The molecule has 0 radical (unpaired) electrons. The standard InChI is InChI=1S/C25H21F4N7/c1-13-31-12-36(34-13)20-7-4-15(8-19(20)27)17-9-18(14-2-5-16(26)6-3-14)22-21(17)23(33-24(30)32-22)35-10-25(28,29)11-35/h2-8,12,17-18H,9-11H2,1H3,(H2,30,32,33). The van der Waals surface area contributed by atoms with Crippen molar-refractivity contribution in [3.05, 3.63) is 88.6 Å². The number of aryl methyl sites for hydroxylation is 1.